The number of rotatable bonds is 11. The van der Waals surface area contributed by atoms with E-state index in [0.29, 0.717) is 6.61 Å². The molecule has 0 aliphatic rings. The lowest BCUT2D eigenvalue weighted by Gasteiger charge is -2.24. The molecule has 5 nitrogen and oxygen atoms in total. The largest absolute Gasteiger partial charge is 0.493 e. The van der Waals surface area contributed by atoms with Crippen molar-refractivity contribution in [2.24, 2.45) is 0 Å². The predicted molar refractivity (Wildman–Crippen MR) is 111 cm³/mol. The monoisotopic (exact) mass is 372 g/mol. The molecule has 0 bridgehead atoms. The van der Waals surface area contributed by atoms with E-state index in [-0.39, 0.29) is 0 Å². The molecule has 0 heterocycles. The van der Waals surface area contributed by atoms with E-state index in [1.54, 1.807) is 14.2 Å². The van der Waals surface area contributed by atoms with E-state index in [9.17, 15) is 0 Å². The molecular weight excluding hydrogens is 340 g/mol. The fourth-order valence-electron chi connectivity index (χ4n) is 2.80. The molecule has 2 aromatic rings. The fraction of sp³-hybridized carbons (Fsp3) is 0.455. The van der Waals surface area contributed by atoms with Gasteiger partial charge in [-0.3, -0.25) is 0 Å². The molecule has 0 spiro atoms. The first-order chi connectivity index (χ1) is 13.1. The van der Waals surface area contributed by atoms with Crippen molar-refractivity contribution in [2.45, 2.75) is 20.4 Å². The molecule has 0 N–H and O–H groups in total. The highest BCUT2D eigenvalue weighted by molar-refractivity contribution is 5.56. The lowest BCUT2D eigenvalue weighted by molar-refractivity contribution is 0.244. The first-order valence-corrected chi connectivity index (χ1v) is 9.48. The number of hydrogen-bond acceptors (Lipinski definition) is 5. The number of methoxy groups -OCH3 is 2. The summed E-state index contributed by atoms with van der Waals surface area (Å²) in [6.07, 6.45) is 0. The van der Waals surface area contributed by atoms with Crippen molar-refractivity contribution in [3.63, 3.8) is 0 Å². The zero-order valence-corrected chi connectivity index (χ0v) is 17.2. The van der Waals surface area contributed by atoms with Crippen LogP contribution in [0, 0.1) is 0 Å². The SMILES string of the molecule is CCN(C)CCOc1ccc(CN(CC)c2ccc(OC)c(OC)c2)cc1. The van der Waals surface area contributed by atoms with Crippen LogP contribution in [0.5, 0.6) is 17.2 Å². The van der Waals surface area contributed by atoms with E-state index < -0.39 is 0 Å². The van der Waals surface area contributed by atoms with Gasteiger partial charge >= 0.3 is 0 Å². The quantitative estimate of drug-likeness (QED) is 0.594. The number of nitrogens with zero attached hydrogens (tertiary/aromatic N) is 2. The van der Waals surface area contributed by atoms with Crippen molar-refractivity contribution in [3.8, 4) is 17.2 Å². The molecule has 27 heavy (non-hydrogen) atoms. The summed E-state index contributed by atoms with van der Waals surface area (Å²) in [6.45, 7) is 8.69. The number of benzene rings is 2. The highest BCUT2D eigenvalue weighted by Gasteiger charge is 2.10. The van der Waals surface area contributed by atoms with Crippen LogP contribution in [0.15, 0.2) is 42.5 Å². The summed E-state index contributed by atoms with van der Waals surface area (Å²) in [5.41, 5.74) is 2.35. The minimum atomic E-state index is 0.705. The number of likely N-dealkylation sites (N-methyl/N-ethyl adjacent to an activating group) is 1. The molecule has 0 aliphatic carbocycles. The molecule has 0 unspecified atom stereocenters. The Bertz CT molecular complexity index is 688. The van der Waals surface area contributed by atoms with Crippen LogP contribution in [0.25, 0.3) is 0 Å². The zero-order valence-electron chi connectivity index (χ0n) is 17.2. The van der Waals surface area contributed by atoms with Gasteiger partial charge in [-0.25, -0.2) is 0 Å². The first-order valence-electron chi connectivity index (χ1n) is 9.48. The third-order valence-electron chi connectivity index (χ3n) is 4.69. The van der Waals surface area contributed by atoms with Gasteiger partial charge in [0.25, 0.3) is 0 Å². The van der Waals surface area contributed by atoms with Crippen LogP contribution >= 0.6 is 0 Å². The molecule has 0 radical (unpaired) electrons. The van der Waals surface area contributed by atoms with Gasteiger partial charge in [0.05, 0.1) is 14.2 Å². The Balaban J connectivity index is 2.00. The van der Waals surface area contributed by atoms with Gasteiger partial charge in [-0.1, -0.05) is 19.1 Å². The molecule has 0 amide bonds. The third-order valence-corrected chi connectivity index (χ3v) is 4.69. The minimum Gasteiger partial charge on any atom is -0.493 e. The Hall–Kier alpha value is -2.40. The second-order valence-corrected chi connectivity index (χ2v) is 6.44. The van der Waals surface area contributed by atoms with E-state index in [4.69, 9.17) is 14.2 Å². The van der Waals surface area contributed by atoms with Crippen LogP contribution in [0.3, 0.4) is 0 Å². The van der Waals surface area contributed by atoms with Crippen LogP contribution < -0.4 is 19.1 Å². The van der Waals surface area contributed by atoms with Crippen molar-refractivity contribution in [2.75, 3.05) is 52.4 Å². The Morgan fingerprint density at radius 3 is 2.15 bits per heavy atom. The van der Waals surface area contributed by atoms with Gasteiger partial charge in [0.1, 0.15) is 12.4 Å². The summed E-state index contributed by atoms with van der Waals surface area (Å²) >= 11 is 0. The predicted octanol–water partition coefficient (Wildman–Crippen LogP) is 4.06. The zero-order chi connectivity index (χ0) is 19.6. The van der Waals surface area contributed by atoms with Gasteiger partial charge in [0, 0.05) is 31.4 Å². The molecule has 2 aromatic carbocycles. The topological polar surface area (TPSA) is 34.2 Å². The van der Waals surface area contributed by atoms with Crippen LogP contribution in [-0.4, -0.2) is 52.4 Å². The standard InChI is InChI=1S/C22H32N2O3/c1-6-23(3)14-15-27-20-11-8-18(9-12-20)17-24(7-2)19-10-13-21(25-4)22(16-19)26-5/h8-13,16H,6-7,14-15,17H2,1-5H3. The van der Waals surface area contributed by atoms with Gasteiger partial charge in [-0.2, -0.15) is 0 Å². The number of anilines is 1. The van der Waals surface area contributed by atoms with Crippen molar-refractivity contribution in [1.29, 1.82) is 0 Å². The van der Waals surface area contributed by atoms with Gasteiger partial charge in [-0.05, 0) is 50.3 Å². The Morgan fingerprint density at radius 1 is 0.852 bits per heavy atom. The Labute approximate surface area is 163 Å². The molecule has 5 heteroatoms. The first kappa shape index (κ1) is 20.9. The molecule has 0 saturated carbocycles. The van der Waals surface area contributed by atoms with Crippen LogP contribution in [-0.2, 0) is 6.54 Å². The van der Waals surface area contributed by atoms with Gasteiger partial charge in [0.15, 0.2) is 11.5 Å². The average molecular weight is 373 g/mol. The smallest absolute Gasteiger partial charge is 0.162 e. The highest BCUT2D eigenvalue weighted by Crippen LogP contribution is 2.32. The van der Waals surface area contributed by atoms with E-state index in [0.717, 1.165) is 49.1 Å². The summed E-state index contributed by atoms with van der Waals surface area (Å²) < 4.78 is 16.6. The molecule has 0 saturated heterocycles. The minimum absolute atomic E-state index is 0.705. The van der Waals surface area contributed by atoms with Crippen LogP contribution in [0.4, 0.5) is 5.69 Å². The van der Waals surface area contributed by atoms with Gasteiger partial charge in [0.2, 0.25) is 0 Å². The lowest BCUT2D eigenvalue weighted by atomic mass is 10.2. The second-order valence-electron chi connectivity index (χ2n) is 6.44. The normalized spacial score (nSPS) is 10.7. The van der Waals surface area contributed by atoms with E-state index >= 15 is 0 Å². The molecule has 0 fully saturated rings. The Morgan fingerprint density at radius 2 is 1.56 bits per heavy atom. The van der Waals surface area contributed by atoms with Crippen LogP contribution in [0.2, 0.25) is 0 Å². The molecule has 2 rings (SSSR count). The number of hydrogen-bond donors (Lipinski definition) is 0. The molecule has 0 aromatic heterocycles. The average Bonchev–Trinajstić information content (AvgIpc) is 2.72. The number of ether oxygens (including phenoxy) is 3. The molecule has 0 aliphatic heterocycles. The fourth-order valence-corrected chi connectivity index (χ4v) is 2.80. The summed E-state index contributed by atoms with van der Waals surface area (Å²) in [5, 5.41) is 0. The molecule has 148 valence electrons. The van der Waals surface area contributed by atoms with Gasteiger partial charge < -0.3 is 24.0 Å². The maximum Gasteiger partial charge on any atom is 0.162 e. The summed E-state index contributed by atoms with van der Waals surface area (Å²) in [4.78, 5) is 4.53. The van der Waals surface area contributed by atoms with Crippen molar-refractivity contribution < 1.29 is 14.2 Å². The maximum atomic E-state index is 5.82. The van der Waals surface area contributed by atoms with E-state index in [1.807, 2.05) is 24.3 Å². The molecular formula is C22H32N2O3. The summed E-state index contributed by atoms with van der Waals surface area (Å²) in [5.74, 6) is 2.40. The van der Waals surface area contributed by atoms with Crippen molar-refractivity contribution in [3.05, 3.63) is 48.0 Å². The maximum absolute atomic E-state index is 5.82. The third kappa shape index (κ3) is 6.07. The summed E-state index contributed by atoms with van der Waals surface area (Å²) in [7, 11) is 5.41. The van der Waals surface area contributed by atoms with E-state index in [1.165, 1.54) is 5.56 Å². The molecule has 0 atom stereocenters. The Kier molecular flexibility index (Phi) is 8.27. The van der Waals surface area contributed by atoms with Crippen LogP contribution in [0.1, 0.15) is 19.4 Å². The van der Waals surface area contributed by atoms with Crippen molar-refractivity contribution in [1.82, 2.24) is 4.90 Å². The van der Waals surface area contributed by atoms with E-state index in [2.05, 4.69) is 48.9 Å². The second kappa shape index (κ2) is 10.7. The van der Waals surface area contributed by atoms with Crippen molar-refractivity contribution >= 4 is 5.69 Å². The van der Waals surface area contributed by atoms with Gasteiger partial charge in [-0.15, -0.1) is 0 Å². The summed E-state index contributed by atoms with van der Waals surface area (Å²) in [6, 6.07) is 14.4. The lowest BCUT2D eigenvalue weighted by Crippen LogP contribution is -2.23. The highest BCUT2D eigenvalue weighted by atomic mass is 16.5.